The van der Waals surface area contributed by atoms with Crippen molar-refractivity contribution < 1.29 is 14.1 Å². The number of urea groups is 1. The topological polar surface area (TPSA) is 91.6 Å². The lowest BCUT2D eigenvalue weighted by molar-refractivity contribution is -0.132. The number of piperidine rings is 1. The second-order valence-corrected chi connectivity index (χ2v) is 6.53. The molecule has 0 saturated carbocycles. The highest BCUT2D eigenvalue weighted by Crippen LogP contribution is 2.32. The Balaban J connectivity index is 1.68. The summed E-state index contributed by atoms with van der Waals surface area (Å²) < 4.78 is 5.25. The normalized spacial score (nSPS) is 29.2. The molecule has 1 aromatic rings. The monoisotopic (exact) mass is 321 g/mol. The molecular weight excluding hydrogens is 298 g/mol. The lowest BCUT2D eigenvalue weighted by Gasteiger charge is -2.39. The minimum Gasteiger partial charge on any atom is -0.338 e. The van der Waals surface area contributed by atoms with E-state index in [0.717, 1.165) is 32.4 Å². The smallest absolute Gasteiger partial charge is 0.324 e. The molecule has 0 aromatic carbocycles. The van der Waals surface area contributed by atoms with Gasteiger partial charge in [0.15, 0.2) is 5.82 Å². The fourth-order valence-corrected chi connectivity index (χ4v) is 3.44. The Labute approximate surface area is 135 Å². The highest BCUT2D eigenvalue weighted by molar-refractivity contribution is 6.06. The minimum absolute atomic E-state index is 0.0752. The van der Waals surface area contributed by atoms with Crippen LogP contribution in [0.5, 0.6) is 0 Å². The van der Waals surface area contributed by atoms with Crippen molar-refractivity contribution in [2.24, 2.45) is 5.92 Å². The van der Waals surface area contributed by atoms with Crippen molar-refractivity contribution in [3.8, 4) is 0 Å². The molecule has 3 heterocycles. The van der Waals surface area contributed by atoms with Gasteiger partial charge in [0, 0.05) is 25.9 Å². The van der Waals surface area contributed by atoms with Gasteiger partial charge in [0.05, 0.1) is 6.54 Å². The SMILES string of the molecule is CCc1noc(CN2CCC[C@H]([C@]3(C)NC(=O)N(C)C3=O)C2)n1. The number of likely N-dealkylation sites (N-methyl/N-ethyl adjacent to an activating group) is 1. The Morgan fingerprint density at radius 1 is 1.43 bits per heavy atom. The van der Waals surface area contributed by atoms with Crippen molar-refractivity contribution >= 4 is 11.9 Å². The van der Waals surface area contributed by atoms with E-state index in [-0.39, 0.29) is 17.9 Å². The summed E-state index contributed by atoms with van der Waals surface area (Å²) in [5.41, 5.74) is -0.825. The van der Waals surface area contributed by atoms with Gasteiger partial charge in [-0.1, -0.05) is 12.1 Å². The molecule has 23 heavy (non-hydrogen) atoms. The Morgan fingerprint density at radius 3 is 2.83 bits per heavy atom. The van der Waals surface area contributed by atoms with E-state index in [9.17, 15) is 9.59 Å². The molecule has 3 amide bonds. The van der Waals surface area contributed by atoms with Crippen LogP contribution in [0.3, 0.4) is 0 Å². The molecule has 2 aliphatic heterocycles. The Bertz CT molecular complexity index is 616. The lowest BCUT2D eigenvalue weighted by atomic mass is 9.80. The first-order valence-electron chi connectivity index (χ1n) is 8.08. The van der Waals surface area contributed by atoms with Crippen LogP contribution in [-0.4, -0.2) is 57.6 Å². The first-order chi connectivity index (χ1) is 10.9. The van der Waals surface area contributed by atoms with Gasteiger partial charge in [0.2, 0.25) is 5.89 Å². The third-order valence-electron chi connectivity index (χ3n) is 4.93. The summed E-state index contributed by atoms with van der Waals surface area (Å²) in [5, 5.41) is 6.77. The zero-order chi connectivity index (χ0) is 16.6. The van der Waals surface area contributed by atoms with Crippen LogP contribution in [0.2, 0.25) is 0 Å². The predicted molar refractivity (Wildman–Crippen MR) is 81.4 cm³/mol. The van der Waals surface area contributed by atoms with Crippen LogP contribution < -0.4 is 5.32 Å². The number of nitrogens with one attached hydrogen (secondary N) is 1. The maximum Gasteiger partial charge on any atom is 0.324 e. The summed E-state index contributed by atoms with van der Waals surface area (Å²) in [6, 6.07) is -0.320. The number of aromatic nitrogens is 2. The highest BCUT2D eigenvalue weighted by atomic mass is 16.5. The van der Waals surface area contributed by atoms with Crippen LogP contribution in [0.1, 0.15) is 38.4 Å². The average molecular weight is 321 g/mol. The highest BCUT2D eigenvalue weighted by Gasteiger charge is 2.51. The third-order valence-corrected chi connectivity index (χ3v) is 4.93. The van der Waals surface area contributed by atoms with Crippen LogP contribution in [-0.2, 0) is 17.8 Å². The maximum absolute atomic E-state index is 12.4. The van der Waals surface area contributed by atoms with Gasteiger partial charge < -0.3 is 9.84 Å². The first kappa shape index (κ1) is 15.9. The van der Waals surface area contributed by atoms with Crippen LogP contribution in [0.4, 0.5) is 4.79 Å². The zero-order valence-corrected chi connectivity index (χ0v) is 13.8. The van der Waals surface area contributed by atoms with Crippen LogP contribution in [0.15, 0.2) is 4.52 Å². The second-order valence-electron chi connectivity index (χ2n) is 6.53. The van der Waals surface area contributed by atoms with Crippen LogP contribution in [0, 0.1) is 5.92 Å². The van der Waals surface area contributed by atoms with Crippen molar-refractivity contribution in [3.05, 3.63) is 11.7 Å². The Kier molecular flexibility index (Phi) is 4.09. The summed E-state index contributed by atoms with van der Waals surface area (Å²) in [4.78, 5) is 31.9. The molecule has 0 aliphatic carbocycles. The van der Waals surface area contributed by atoms with Crippen molar-refractivity contribution in [1.29, 1.82) is 0 Å². The third kappa shape index (κ3) is 2.83. The number of hydrogen-bond acceptors (Lipinski definition) is 6. The van der Waals surface area contributed by atoms with E-state index in [4.69, 9.17) is 4.52 Å². The molecule has 0 unspecified atom stereocenters. The molecule has 8 nitrogen and oxygen atoms in total. The number of carbonyl (C=O) groups is 2. The van der Waals surface area contributed by atoms with Gasteiger partial charge in [-0.15, -0.1) is 0 Å². The maximum atomic E-state index is 12.4. The molecule has 0 bridgehead atoms. The summed E-state index contributed by atoms with van der Waals surface area (Å²) in [5.74, 6) is 1.23. The molecule has 0 spiro atoms. The zero-order valence-electron chi connectivity index (χ0n) is 13.8. The van der Waals surface area contributed by atoms with Gasteiger partial charge in [0.1, 0.15) is 5.54 Å². The largest absolute Gasteiger partial charge is 0.338 e. The number of amides is 3. The summed E-state index contributed by atoms with van der Waals surface area (Å²) in [7, 11) is 1.52. The quantitative estimate of drug-likeness (QED) is 0.824. The van der Waals surface area contributed by atoms with Crippen LogP contribution in [0.25, 0.3) is 0 Å². The van der Waals surface area contributed by atoms with Gasteiger partial charge in [-0.25, -0.2) is 4.79 Å². The van der Waals surface area contributed by atoms with E-state index in [2.05, 4.69) is 20.4 Å². The molecule has 8 heteroatoms. The molecule has 1 aromatic heterocycles. The van der Waals surface area contributed by atoms with Crippen molar-refractivity contribution in [1.82, 2.24) is 25.3 Å². The van der Waals surface area contributed by atoms with E-state index in [1.807, 2.05) is 13.8 Å². The van der Waals surface area contributed by atoms with E-state index in [1.165, 1.54) is 11.9 Å². The minimum atomic E-state index is -0.825. The van der Waals surface area contributed by atoms with Gasteiger partial charge in [0.25, 0.3) is 5.91 Å². The Hall–Kier alpha value is -1.96. The molecule has 2 aliphatic rings. The fraction of sp³-hybridized carbons (Fsp3) is 0.733. The number of likely N-dealkylation sites (tertiary alicyclic amines) is 1. The fourth-order valence-electron chi connectivity index (χ4n) is 3.44. The predicted octanol–water partition coefficient (Wildman–Crippen LogP) is 0.784. The summed E-state index contributed by atoms with van der Waals surface area (Å²) >= 11 is 0. The van der Waals surface area contributed by atoms with Gasteiger partial charge in [-0.3, -0.25) is 14.6 Å². The standard InChI is InChI=1S/C15H23N5O3/c1-4-11-16-12(23-18-11)9-20-7-5-6-10(8-20)15(2)13(21)19(3)14(22)17-15/h10H,4-9H2,1-3H3,(H,17,22)/t10-,15-/m0/s1. The molecule has 2 atom stereocenters. The van der Waals surface area contributed by atoms with Gasteiger partial charge >= 0.3 is 6.03 Å². The van der Waals surface area contributed by atoms with Crippen molar-refractivity contribution in [3.63, 3.8) is 0 Å². The molecule has 2 saturated heterocycles. The number of carbonyl (C=O) groups excluding carboxylic acids is 2. The van der Waals surface area contributed by atoms with Crippen LogP contribution >= 0.6 is 0 Å². The summed E-state index contributed by atoms with van der Waals surface area (Å²) in [6.07, 6.45) is 2.63. The molecule has 126 valence electrons. The average Bonchev–Trinajstić information content (AvgIpc) is 3.07. The number of rotatable bonds is 4. The molecular formula is C15H23N5O3. The first-order valence-corrected chi connectivity index (χ1v) is 8.08. The van der Waals surface area contributed by atoms with E-state index < -0.39 is 5.54 Å². The van der Waals surface area contributed by atoms with E-state index in [0.29, 0.717) is 18.3 Å². The molecule has 2 fully saturated rings. The number of hydrogen-bond donors (Lipinski definition) is 1. The molecule has 3 rings (SSSR count). The summed E-state index contributed by atoms with van der Waals surface area (Å²) in [6.45, 7) is 6.04. The van der Waals surface area contributed by atoms with E-state index in [1.54, 1.807) is 0 Å². The lowest BCUT2D eigenvalue weighted by Crippen LogP contribution is -2.55. The number of nitrogens with zero attached hydrogens (tertiary/aromatic N) is 4. The Morgan fingerprint density at radius 2 is 2.22 bits per heavy atom. The molecule has 0 radical (unpaired) electrons. The number of imide groups is 1. The van der Waals surface area contributed by atoms with Gasteiger partial charge in [-0.2, -0.15) is 4.98 Å². The molecule has 1 N–H and O–H groups in total. The number of aryl methyl sites for hydroxylation is 1. The van der Waals surface area contributed by atoms with E-state index >= 15 is 0 Å². The van der Waals surface area contributed by atoms with Crippen molar-refractivity contribution in [2.75, 3.05) is 20.1 Å². The van der Waals surface area contributed by atoms with Crippen molar-refractivity contribution in [2.45, 2.75) is 45.2 Å². The van der Waals surface area contributed by atoms with Gasteiger partial charge in [-0.05, 0) is 26.3 Å². The second kappa shape index (κ2) is 5.92.